The Morgan fingerprint density at radius 2 is 1.57 bits per heavy atom. The van der Waals surface area contributed by atoms with Crippen LogP contribution in [0.2, 0.25) is 0 Å². The molecule has 1 aliphatic heterocycles. The summed E-state index contributed by atoms with van der Waals surface area (Å²) in [4.78, 5) is 12.6. The number of para-hydroxylation sites is 1. The Morgan fingerprint density at radius 3 is 2.24 bits per heavy atom. The summed E-state index contributed by atoms with van der Waals surface area (Å²) in [6, 6.07) is 17.6. The SMILES string of the molecule is CC(C)(C)C1(c2ccccc2)CC(=O)c2ccccc2O1. The van der Waals surface area contributed by atoms with Crippen molar-refractivity contribution in [1.82, 2.24) is 0 Å². The van der Waals surface area contributed by atoms with Crippen LogP contribution in [0.4, 0.5) is 0 Å². The average Bonchev–Trinajstić information content (AvgIpc) is 2.47. The van der Waals surface area contributed by atoms with Crippen LogP contribution in [0.15, 0.2) is 54.6 Å². The maximum absolute atomic E-state index is 12.6. The molecule has 0 fully saturated rings. The van der Waals surface area contributed by atoms with E-state index < -0.39 is 5.60 Å². The van der Waals surface area contributed by atoms with E-state index in [4.69, 9.17) is 4.74 Å². The molecule has 2 aromatic rings. The Bertz CT molecular complexity index is 667. The minimum atomic E-state index is -0.625. The third kappa shape index (κ3) is 2.15. The van der Waals surface area contributed by atoms with Crippen molar-refractivity contribution in [3.05, 3.63) is 65.7 Å². The number of ketones is 1. The van der Waals surface area contributed by atoms with Gasteiger partial charge in [0.1, 0.15) is 11.4 Å². The third-order valence-electron chi connectivity index (χ3n) is 4.33. The van der Waals surface area contributed by atoms with E-state index in [-0.39, 0.29) is 11.2 Å². The van der Waals surface area contributed by atoms with Gasteiger partial charge < -0.3 is 4.74 Å². The lowest BCUT2D eigenvalue weighted by Crippen LogP contribution is -2.49. The van der Waals surface area contributed by atoms with Gasteiger partial charge in [-0.05, 0) is 17.7 Å². The summed E-state index contributed by atoms with van der Waals surface area (Å²) in [6.07, 6.45) is 0.373. The number of benzene rings is 2. The summed E-state index contributed by atoms with van der Waals surface area (Å²) in [5, 5.41) is 0. The Morgan fingerprint density at radius 1 is 0.952 bits per heavy atom. The van der Waals surface area contributed by atoms with Gasteiger partial charge in [-0.2, -0.15) is 0 Å². The van der Waals surface area contributed by atoms with E-state index in [1.807, 2.05) is 54.6 Å². The number of fused-ring (bicyclic) bond motifs is 1. The van der Waals surface area contributed by atoms with Crippen LogP contribution in [0.25, 0.3) is 0 Å². The number of hydrogen-bond donors (Lipinski definition) is 0. The molecule has 1 unspecified atom stereocenters. The lowest BCUT2D eigenvalue weighted by Gasteiger charge is -2.47. The van der Waals surface area contributed by atoms with Crippen LogP contribution in [0.1, 0.15) is 43.1 Å². The van der Waals surface area contributed by atoms with Gasteiger partial charge in [0.05, 0.1) is 12.0 Å². The normalized spacial score (nSPS) is 21.6. The van der Waals surface area contributed by atoms with Gasteiger partial charge >= 0.3 is 0 Å². The highest BCUT2D eigenvalue weighted by molar-refractivity contribution is 6.00. The van der Waals surface area contributed by atoms with E-state index in [0.717, 1.165) is 5.56 Å². The fraction of sp³-hybridized carbons (Fsp3) is 0.316. The first-order valence-corrected chi connectivity index (χ1v) is 7.31. The Hall–Kier alpha value is -2.09. The van der Waals surface area contributed by atoms with E-state index in [9.17, 15) is 4.79 Å². The average molecular weight is 280 g/mol. The molecule has 2 heteroatoms. The van der Waals surface area contributed by atoms with Crippen molar-refractivity contribution >= 4 is 5.78 Å². The van der Waals surface area contributed by atoms with Gasteiger partial charge in [0, 0.05) is 5.41 Å². The number of ether oxygens (including phenoxy) is 1. The van der Waals surface area contributed by atoms with Crippen LogP contribution in [-0.2, 0) is 5.60 Å². The first-order chi connectivity index (χ1) is 9.94. The van der Waals surface area contributed by atoms with E-state index >= 15 is 0 Å². The summed E-state index contributed by atoms with van der Waals surface area (Å²) >= 11 is 0. The highest BCUT2D eigenvalue weighted by Crippen LogP contribution is 2.49. The zero-order valence-corrected chi connectivity index (χ0v) is 12.7. The fourth-order valence-electron chi connectivity index (χ4n) is 3.05. The fourth-order valence-corrected chi connectivity index (χ4v) is 3.05. The molecule has 0 saturated carbocycles. The predicted octanol–water partition coefficient (Wildman–Crippen LogP) is 4.59. The largest absolute Gasteiger partial charge is 0.481 e. The van der Waals surface area contributed by atoms with Crippen LogP contribution in [-0.4, -0.2) is 5.78 Å². The number of hydrogen-bond acceptors (Lipinski definition) is 2. The van der Waals surface area contributed by atoms with Gasteiger partial charge in [-0.1, -0.05) is 63.2 Å². The molecule has 0 amide bonds. The minimum absolute atomic E-state index is 0.149. The van der Waals surface area contributed by atoms with Gasteiger partial charge in [0.25, 0.3) is 0 Å². The summed E-state index contributed by atoms with van der Waals surface area (Å²) in [6.45, 7) is 6.38. The molecule has 108 valence electrons. The van der Waals surface area contributed by atoms with Gasteiger partial charge in [-0.25, -0.2) is 0 Å². The molecule has 0 radical (unpaired) electrons. The minimum Gasteiger partial charge on any atom is -0.481 e. The van der Waals surface area contributed by atoms with Crippen LogP contribution in [0, 0.1) is 5.41 Å². The van der Waals surface area contributed by atoms with Crippen molar-refractivity contribution in [2.75, 3.05) is 0 Å². The quantitative estimate of drug-likeness (QED) is 0.763. The maximum Gasteiger partial charge on any atom is 0.170 e. The molecule has 21 heavy (non-hydrogen) atoms. The predicted molar refractivity (Wildman–Crippen MR) is 83.6 cm³/mol. The lowest BCUT2D eigenvalue weighted by molar-refractivity contribution is -0.0468. The zero-order chi connectivity index (χ0) is 15.1. The van der Waals surface area contributed by atoms with Gasteiger partial charge in [0.15, 0.2) is 5.78 Å². The molecule has 2 aromatic carbocycles. The van der Waals surface area contributed by atoms with Crippen LogP contribution >= 0.6 is 0 Å². The summed E-state index contributed by atoms with van der Waals surface area (Å²) in [7, 11) is 0. The van der Waals surface area contributed by atoms with E-state index in [1.165, 1.54) is 0 Å². The van der Waals surface area contributed by atoms with Crippen LogP contribution in [0.3, 0.4) is 0 Å². The van der Waals surface area contributed by atoms with Crippen molar-refractivity contribution in [2.45, 2.75) is 32.8 Å². The maximum atomic E-state index is 12.6. The first kappa shape index (κ1) is 13.9. The monoisotopic (exact) mass is 280 g/mol. The second kappa shape index (κ2) is 4.73. The summed E-state index contributed by atoms with van der Waals surface area (Å²) in [5.41, 5.74) is 0.922. The molecular formula is C19H20O2. The second-order valence-corrected chi connectivity index (χ2v) is 6.64. The molecule has 0 bridgehead atoms. The van der Waals surface area contributed by atoms with Gasteiger partial charge in [-0.3, -0.25) is 4.79 Å². The van der Waals surface area contributed by atoms with E-state index in [2.05, 4.69) is 20.8 Å². The standard InChI is InChI=1S/C19H20O2/c1-18(2,3)19(14-9-5-4-6-10-14)13-16(20)15-11-7-8-12-17(15)21-19/h4-12H,13H2,1-3H3. The second-order valence-electron chi connectivity index (χ2n) is 6.64. The van der Waals surface area contributed by atoms with Gasteiger partial charge in [0.2, 0.25) is 0 Å². The summed E-state index contributed by atoms with van der Waals surface area (Å²) in [5.74, 6) is 0.836. The molecule has 1 heterocycles. The number of rotatable bonds is 1. The molecule has 1 atom stereocenters. The molecule has 0 N–H and O–H groups in total. The smallest absolute Gasteiger partial charge is 0.170 e. The topological polar surface area (TPSA) is 26.3 Å². The summed E-state index contributed by atoms with van der Waals surface area (Å²) < 4.78 is 6.42. The van der Waals surface area contributed by atoms with Crippen molar-refractivity contribution in [3.63, 3.8) is 0 Å². The molecule has 0 aliphatic carbocycles. The zero-order valence-electron chi connectivity index (χ0n) is 12.7. The highest BCUT2D eigenvalue weighted by atomic mass is 16.5. The Kier molecular flexibility index (Phi) is 3.12. The van der Waals surface area contributed by atoms with Crippen LogP contribution < -0.4 is 4.74 Å². The molecule has 0 saturated heterocycles. The first-order valence-electron chi connectivity index (χ1n) is 7.31. The van der Waals surface area contributed by atoms with Crippen molar-refractivity contribution in [3.8, 4) is 5.75 Å². The van der Waals surface area contributed by atoms with E-state index in [0.29, 0.717) is 17.7 Å². The molecule has 0 aromatic heterocycles. The van der Waals surface area contributed by atoms with Crippen molar-refractivity contribution in [2.24, 2.45) is 5.41 Å². The van der Waals surface area contributed by atoms with Crippen molar-refractivity contribution in [1.29, 1.82) is 0 Å². The lowest BCUT2D eigenvalue weighted by atomic mass is 9.67. The molecular weight excluding hydrogens is 260 g/mol. The number of Topliss-reactive ketones (excluding diaryl/α,β-unsaturated/α-hetero) is 1. The molecule has 1 aliphatic rings. The molecule has 3 rings (SSSR count). The highest BCUT2D eigenvalue weighted by Gasteiger charge is 2.50. The molecule has 0 spiro atoms. The number of carbonyl (C=O) groups excluding carboxylic acids is 1. The van der Waals surface area contributed by atoms with E-state index in [1.54, 1.807) is 0 Å². The number of carbonyl (C=O) groups is 1. The third-order valence-corrected chi connectivity index (χ3v) is 4.33. The van der Waals surface area contributed by atoms with Gasteiger partial charge in [-0.15, -0.1) is 0 Å². The van der Waals surface area contributed by atoms with Crippen LogP contribution in [0.5, 0.6) is 5.75 Å². The molecule has 2 nitrogen and oxygen atoms in total. The Balaban J connectivity index is 2.19. The van der Waals surface area contributed by atoms with Crippen molar-refractivity contribution < 1.29 is 9.53 Å². The Labute approximate surface area is 125 Å².